The average molecular weight is 950 g/mol. The second-order valence-corrected chi connectivity index (χ2v) is 21.6. The number of ether oxygens (including phenoxy) is 1. The van der Waals surface area contributed by atoms with Gasteiger partial charge in [0.25, 0.3) is 5.91 Å². The molecule has 0 bridgehead atoms. The van der Waals surface area contributed by atoms with Gasteiger partial charge >= 0.3 is 13.5 Å². The number of hydrogen-bond donors (Lipinski definition) is 2. The molecule has 1 aromatic heterocycles. The highest BCUT2D eigenvalue weighted by Crippen LogP contribution is 2.58. The molecule has 3 amide bonds. The third-order valence-electron chi connectivity index (χ3n) is 13.8. The molecule has 354 valence electrons. The Morgan fingerprint density at radius 2 is 1.70 bits per heavy atom. The Bertz CT molecular complexity index is 2430. The number of nitrogens with zero attached hydrogens (tertiary/aromatic N) is 3. The third-order valence-corrected chi connectivity index (χ3v) is 17.0. The van der Waals surface area contributed by atoms with Crippen molar-refractivity contribution < 1.29 is 46.2 Å². The molecule has 66 heavy (non-hydrogen) atoms. The van der Waals surface area contributed by atoms with Crippen molar-refractivity contribution >= 4 is 52.6 Å². The van der Waals surface area contributed by atoms with Gasteiger partial charge in [0.15, 0.2) is 0 Å². The predicted molar refractivity (Wildman–Crippen MR) is 247 cm³/mol. The molecule has 12 nitrogen and oxygen atoms in total. The number of rotatable bonds is 17. The number of thiophene rings is 1. The zero-order valence-electron chi connectivity index (χ0n) is 37.6. The molecule has 4 aliphatic rings. The summed E-state index contributed by atoms with van der Waals surface area (Å²) in [6.45, 7) is 4.13. The summed E-state index contributed by atoms with van der Waals surface area (Å²) < 4.78 is 69.5. The molecular formula is C49H59F3N5O7PS. The van der Waals surface area contributed by atoms with Crippen molar-refractivity contribution in [1.29, 1.82) is 0 Å². The quantitative estimate of drug-likeness (QED) is 0.0784. The van der Waals surface area contributed by atoms with Gasteiger partial charge in [0.2, 0.25) is 24.2 Å². The minimum Gasteiger partial charge on any atom is -0.465 e. The van der Waals surface area contributed by atoms with Crippen molar-refractivity contribution in [2.45, 2.75) is 132 Å². The van der Waals surface area contributed by atoms with Gasteiger partial charge in [-0.05, 0) is 119 Å². The summed E-state index contributed by atoms with van der Waals surface area (Å²) in [4.78, 5) is 62.3. The first-order chi connectivity index (χ1) is 31.7. The van der Waals surface area contributed by atoms with Crippen molar-refractivity contribution in [1.82, 2.24) is 25.1 Å². The Balaban J connectivity index is 1.03. The van der Waals surface area contributed by atoms with E-state index < -0.39 is 49.9 Å². The van der Waals surface area contributed by atoms with E-state index in [-0.39, 0.29) is 77.5 Å². The van der Waals surface area contributed by atoms with Crippen LogP contribution in [0.25, 0.3) is 10.1 Å². The van der Waals surface area contributed by atoms with Gasteiger partial charge in [-0.15, -0.1) is 11.3 Å². The van der Waals surface area contributed by atoms with Gasteiger partial charge < -0.3 is 29.3 Å². The van der Waals surface area contributed by atoms with Gasteiger partial charge in [0.1, 0.15) is 23.9 Å². The van der Waals surface area contributed by atoms with Gasteiger partial charge in [0.05, 0.1) is 11.5 Å². The van der Waals surface area contributed by atoms with E-state index in [0.29, 0.717) is 48.7 Å². The van der Waals surface area contributed by atoms with Crippen LogP contribution in [0.5, 0.6) is 5.75 Å². The highest BCUT2D eigenvalue weighted by Gasteiger charge is 2.58. The molecule has 4 fully saturated rings. The average Bonchev–Trinajstić information content (AvgIpc) is 3.59. The molecule has 17 heteroatoms. The van der Waals surface area contributed by atoms with Crippen molar-refractivity contribution in [3.05, 3.63) is 101 Å². The molecule has 1 spiro atoms. The zero-order chi connectivity index (χ0) is 46.8. The fourth-order valence-corrected chi connectivity index (χ4v) is 13.0. The van der Waals surface area contributed by atoms with Crippen LogP contribution in [-0.2, 0) is 23.7 Å². The third kappa shape index (κ3) is 10.4. The van der Waals surface area contributed by atoms with E-state index in [1.807, 2.05) is 42.0 Å². The molecule has 4 aromatic rings. The Morgan fingerprint density at radius 3 is 2.39 bits per heavy atom. The first-order valence-corrected chi connectivity index (χ1v) is 25.6. The number of benzene rings is 3. The smallest absolute Gasteiger partial charge is 0.355 e. The van der Waals surface area contributed by atoms with Crippen molar-refractivity contribution in [2.75, 3.05) is 26.7 Å². The van der Waals surface area contributed by atoms with Crippen LogP contribution in [0.3, 0.4) is 0 Å². The molecule has 8 rings (SSSR count). The summed E-state index contributed by atoms with van der Waals surface area (Å²) in [5.74, 6) is -3.55. The van der Waals surface area contributed by atoms with Gasteiger partial charge in [-0.25, -0.2) is 18.3 Å². The lowest BCUT2D eigenvalue weighted by molar-refractivity contribution is -0.148. The van der Waals surface area contributed by atoms with Crippen LogP contribution in [-0.4, -0.2) is 107 Å². The maximum Gasteiger partial charge on any atom is 0.355 e. The molecule has 4 heterocycles. The van der Waals surface area contributed by atoms with Crippen LogP contribution in [0.15, 0.2) is 84.9 Å². The number of carbonyl (C=O) groups is 4. The lowest BCUT2D eigenvalue weighted by Crippen LogP contribution is -2.59. The summed E-state index contributed by atoms with van der Waals surface area (Å²) in [7, 11) is -2.69. The second-order valence-electron chi connectivity index (χ2n) is 18.4. The van der Waals surface area contributed by atoms with Gasteiger partial charge in [-0.2, -0.15) is 0 Å². The number of para-hydroxylation sites is 1. The normalized spacial score (nSPS) is 24.4. The highest BCUT2D eigenvalue weighted by atomic mass is 32.1. The molecule has 0 radical (unpaired) electrons. The Kier molecular flexibility index (Phi) is 14.6. The van der Waals surface area contributed by atoms with Crippen LogP contribution < -0.4 is 14.9 Å². The fraction of sp³-hybridized carbons (Fsp3) is 0.510. The number of alkyl halides is 3. The van der Waals surface area contributed by atoms with E-state index in [4.69, 9.17) is 9.26 Å². The van der Waals surface area contributed by atoms with E-state index in [1.165, 1.54) is 36.8 Å². The predicted octanol–water partition coefficient (Wildman–Crippen LogP) is 9.22. The maximum absolute atomic E-state index is 16.7. The van der Waals surface area contributed by atoms with Crippen LogP contribution in [0.1, 0.15) is 111 Å². The Morgan fingerprint density at radius 1 is 0.970 bits per heavy atom. The fourth-order valence-electron chi connectivity index (χ4n) is 10.1. The summed E-state index contributed by atoms with van der Waals surface area (Å²) in [5, 5.41) is 6.05. The van der Waals surface area contributed by atoms with Crippen molar-refractivity contribution in [3.8, 4) is 5.75 Å². The Hall–Kier alpha value is -4.76. The van der Waals surface area contributed by atoms with Gasteiger partial charge in [0, 0.05) is 47.8 Å². The van der Waals surface area contributed by atoms with Crippen molar-refractivity contribution in [3.63, 3.8) is 0 Å². The lowest BCUT2D eigenvalue weighted by Gasteiger charge is -2.41. The summed E-state index contributed by atoms with van der Waals surface area (Å²) in [6.07, 6.45) is 2.80. The molecule has 3 saturated heterocycles. The molecule has 3 aliphatic heterocycles. The summed E-state index contributed by atoms with van der Waals surface area (Å²) >= 11 is 1.14. The van der Waals surface area contributed by atoms with E-state index >= 15 is 4.39 Å². The largest absolute Gasteiger partial charge is 0.465 e. The van der Waals surface area contributed by atoms with Gasteiger partial charge in [-0.1, -0.05) is 61.5 Å². The number of esters is 1. The van der Waals surface area contributed by atoms with Crippen LogP contribution in [0.4, 0.5) is 13.2 Å². The van der Waals surface area contributed by atoms with Crippen LogP contribution in [0, 0.1) is 0 Å². The number of carbonyl (C=O) groups excluding carboxylic acids is 4. The molecule has 8 atom stereocenters. The number of likely N-dealkylation sites (tertiary alicyclic amines) is 1. The van der Waals surface area contributed by atoms with E-state index in [2.05, 4.69) is 22.5 Å². The minimum absolute atomic E-state index is 0.0119. The highest BCUT2D eigenvalue weighted by molar-refractivity contribution is 7.57. The van der Waals surface area contributed by atoms with E-state index in [9.17, 15) is 32.5 Å². The van der Waals surface area contributed by atoms with Gasteiger partial charge in [-0.3, -0.25) is 23.7 Å². The molecular weight excluding hydrogens is 891 g/mol. The first-order valence-electron chi connectivity index (χ1n) is 23.1. The molecule has 2 N–H and O–H groups in total. The number of amides is 3. The molecule has 3 aromatic carbocycles. The summed E-state index contributed by atoms with van der Waals surface area (Å²) in [6, 6.07) is 21.0. The summed E-state index contributed by atoms with van der Waals surface area (Å²) in [5.41, 5.74) is 0.955. The molecule has 1 saturated carbocycles. The van der Waals surface area contributed by atoms with E-state index in [1.54, 1.807) is 35.2 Å². The second kappa shape index (κ2) is 20.2. The topological polar surface area (TPSA) is 138 Å². The number of hydrogen-bond acceptors (Lipinski definition) is 9. The lowest BCUT2D eigenvalue weighted by atomic mass is 9.93. The van der Waals surface area contributed by atoms with E-state index in [0.717, 1.165) is 30.6 Å². The Labute approximate surface area is 388 Å². The molecule has 1 aliphatic carbocycles. The van der Waals surface area contributed by atoms with Crippen LogP contribution >= 0.6 is 18.9 Å². The first kappa shape index (κ1) is 47.7. The maximum atomic E-state index is 16.7. The SMILES string of the molecule is CCCOC(=O)[C@H](C)N[P@@](=O)(Oc1ccccc1)[C@@H](F)c1ccc2sc(C(=O)N[C@H]3CC[C@H](N(C)CCC(F)F)C[C@H]4CC[C@@H](C(=O)N5C[C@H](c6ccccc6)CC56CC6)N4C3=O)cc2c1. The number of fused-ring (bicyclic) bond motifs is 2. The number of nitrogens with one attached hydrogen (secondary N) is 2. The standard InChI is InChI=1S/C49H59F3N5O7PS/c1-4-25-63-48(61)31(2)54-65(62,64-38-13-9-6-10-14-38)44(52)33-15-20-41-34(26-33)27-42(66-41)45(58)53-39-18-16-36(55(3)24-21-43(50)51)28-37-17-19-40(57(37)46(39)59)47(60)56-30-35(29-49(56)22-23-49)32-11-7-5-8-12-32/h5-15,20,26-27,31,35-37,39-40,43-44H,4,16-19,21-25,28-30H2,1-3H3,(H,53,58)(H,54,62)/t31-,35+,36-,37+,39-,40-,44+,65-/m0/s1. The van der Waals surface area contributed by atoms with Crippen LogP contribution in [0.2, 0.25) is 0 Å². The minimum atomic E-state index is -4.50. The zero-order valence-corrected chi connectivity index (χ0v) is 39.3. The molecule has 0 unspecified atom stereocenters. The monoisotopic (exact) mass is 949 g/mol. The number of halogens is 3. The van der Waals surface area contributed by atoms with Crippen molar-refractivity contribution in [2.24, 2.45) is 0 Å².